The smallest absolute Gasteiger partial charge is 0.252 e. The minimum Gasteiger partial charge on any atom is -0.347 e. The highest BCUT2D eigenvalue weighted by Crippen LogP contribution is 2.21. The number of hydrogen-bond acceptors (Lipinski definition) is 1. The highest BCUT2D eigenvalue weighted by molar-refractivity contribution is 9.10. The van der Waals surface area contributed by atoms with Crippen molar-refractivity contribution in [2.45, 2.75) is 32.7 Å². The molecule has 1 N–H and O–H groups in total. The van der Waals surface area contributed by atoms with Crippen molar-refractivity contribution < 1.29 is 9.18 Å². The van der Waals surface area contributed by atoms with Crippen LogP contribution in [0.15, 0.2) is 22.7 Å². The van der Waals surface area contributed by atoms with Crippen molar-refractivity contribution >= 4 is 21.8 Å². The molecule has 0 spiro atoms. The summed E-state index contributed by atoms with van der Waals surface area (Å²) in [5.74, 6) is -0.694. The van der Waals surface area contributed by atoms with E-state index in [0.717, 1.165) is 6.42 Å². The molecule has 1 rings (SSSR count). The molecule has 4 heteroatoms. The van der Waals surface area contributed by atoms with E-state index in [2.05, 4.69) is 21.2 Å². The lowest BCUT2D eigenvalue weighted by Gasteiger charge is -2.24. The number of amides is 1. The molecule has 0 aromatic heterocycles. The molecule has 0 aliphatic carbocycles. The summed E-state index contributed by atoms with van der Waals surface area (Å²) in [5.41, 5.74) is 0.0320. The molecule has 2 nitrogen and oxygen atoms in total. The Morgan fingerprint density at radius 2 is 2.12 bits per heavy atom. The maximum Gasteiger partial charge on any atom is 0.252 e. The summed E-state index contributed by atoms with van der Waals surface area (Å²) in [6.45, 7) is 5.84. The predicted octanol–water partition coefficient (Wildman–Crippen LogP) is 3.51. The van der Waals surface area contributed by atoms with Gasteiger partial charge in [0, 0.05) is 5.54 Å². The lowest BCUT2D eigenvalue weighted by atomic mass is 10.0. The van der Waals surface area contributed by atoms with Gasteiger partial charge in [0.25, 0.3) is 5.91 Å². The van der Waals surface area contributed by atoms with Crippen molar-refractivity contribution in [3.05, 3.63) is 34.1 Å². The number of rotatable bonds is 3. The molecule has 1 aromatic rings. The largest absolute Gasteiger partial charge is 0.347 e. The third-order valence-electron chi connectivity index (χ3n) is 2.53. The molecule has 0 saturated carbocycles. The van der Waals surface area contributed by atoms with E-state index in [4.69, 9.17) is 0 Å². The molecule has 0 saturated heterocycles. The molecule has 0 fully saturated rings. The minimum atomic E-state index is -0.429. The van der Waals surface area contributed by atoms with E-state index in [1.54, 1.807) is 6.07 Å². The summed E-state index contributed by atoms with van der Waals surface area (Å²) in [4.78, 5) is 11.9. The summed E-state index contributed by atoms with van der Waals surface area (Å²) in [5, 5.41) is 2.85. The van der Waals surface area contributed by atoms with Gasteiger partial charge >= 0.3 is 0 Å². The van der Waals surface area contributed by atoms with Crippen molar-refractivity contribution in [3.63, 3.8) is 0 Å². The lowest BCUT2D eigenvalue weighted by Crippen LogP contribution is -2.42. The summed E-state index contributed by atoms with van der Waals surface area (Å²) in [6.07, 6.45) is 0.811. The molecule has 0 heterocycles. The summed E-state index contributed by atoms with van der Waals surface area (Å²) >= 11 is 3.07. The van der Waals surface area contributed by atoms with Gasteiger partial charge in [0.05, 0.1) is 10.0 Å². The zero-order chi connectivity index (χ0) is 12.3. The van der Waals surface area contributed by atoms with E-state index in [9.17, 15) is 9.18 Å². The maximum atomic E-state index is 13.2. The van der Waals surface area contributed by atoms with Gasteiger partial charge in [0.2, 0.25) is 0 Å². The summed E-state index contributed by atoms with van der Waals surface area (Å²) in [7, 11) is 0. The molecule has 88 valence electrons. The van der Waals surface area contributed by atoms with Crippen LogP contribution >= 0.6 is 15.9 Å². The molecular formula is C12H15BrFNO. The van der Waals surface area contributed by atoms with Gasteiger partial charge in [0.15, 0.2) is 0 Å². The molecule has 0 unspecified atom stereocenters. The first-order chi connectivity index (χ1) is 7.37. The van der Waals surface area contributed by atoms with E-state index in [0.29, 0.717) is 5.56 Å². The normalized spacial score (nSPS) is 11.3. The molecule has 0 radical (unpaired) electrons. The Labute approximate surface area is 103 Å². The molecule has 0 aliphatic rings. The maximum absolute atomic E-state index is 13.2. The Morgan fingerprint density at radius 3 is 2.69 bits per heavy atom. The average molecular weight is 288 g/mol. The molecule has 0 bridgehead atoms. The molecule has 1 aromatic carbocycles. The van der Waals surface area contributed by atoms with Crippen molar-refractivity contribution in [2.75, 3.05) is 0 Å². The Kier molecular flexibility index (Phi) is 4.08. The van der Waals surface area contributed by atoms with Crippen LogP contribution in [-0.4, -0.2) is 11.4 Å². The third-order valence-corrected chi connectivity index (χ3v) is 3.34. The number of carbonyl (C=O) groups is 1. The molecular weight excluding hydrogens is 273 g/mol. The number of benzene rings is 1. The second-order valence-electron chi connectivity index (χ2n) is 4.29. The van der Waals surface area contributed by atoms with Crippen LogP contribution in [0.1, 0.15) is 37.6 Å². The second kappa shape index (κ2) is 4.95. The molecule has 0 atom stereocenters. The number of nitrogens with one attached hydrogen (secondary N) is 1. The van der Waals surface area contributed by atoms with Gasteiger partial charge in [-0.2, -0.15) is 0 Å². The highest BCUT2D eigenvalue weighted by Gasteiger charge is 2.21. The zero-order valence-corrected chi connectivity index (χ0v) is 11.2. The summed E-state index contributed by atoms with van der Waals surface area (Å²) < 4.78 is 13.4. The van der Waals surface area contributed by atoms with Crippen molar-refractivity contribution in [2.24, 2.45) is 0 Å². The fourth-order valence-corrected chi connectivity index (χ4v) is 1.59. The number of halogens is 2. The van der Waals surface area contributed by atoms with Crippen LogP contribution < -0.4 is 5.32 Å². The van der Waals surface area contributed by atoms with Crippen LogP contribution in [0.5, 0.6) is 0 Å². The number of hydrogen-bond donors (Lipinski definition) is 1. The van der Waals surface area contributed by atoms with E-state index < -0.39 is 5.82 Å². The second-order valence-corrected chi connectivity index (χ2v) is 5.09. The van der Waals surface area contributed by atoms with Gasteiger partial charge in [-0.25, -0.2) is 4.39 Å². The Bertz CT molecular complexity index is 404. The van der Waals surface area contributed by atoms with E-state index in [1.807, 2.05) is 20.8 Å². The van der Waals surface area contributed by atoms with Crippen LogP contribution in [0.25, 0.3) is 0 Å². The van der Waals surface area contributed by atoms with Crippen LogP contribution in [-0.2, 0) is 0 Å². The Morgan fingerprint density at radius 1 is 1.50 bits per heavy atom. The van der Waals surface area contributed by atoms with E-state index >= 15 is 0 Å². The van der Waals surface area contributed by atoms with E-state index in [-0.39, 0.29) is 15.9 Å². The Balaban J connectivity index is 2.94. The van der Waals surface area contributed by atoms with Crippen molar-refractivity contribution in [1.82, 2.24) is 5.32 Å². The number of carbonyl (C=O) groups excluding carboxylic acids is 1. The van der Waals surface area contributed by atoms with Crippen LogP contribution in [0.2, 0.25) is 0 Å². The van der Waals surface area contributed by atoms with Gasteiger partial charge in [-0.05, 0) is 48.3 Å². The fraction of sp³-hybridized carbons (Fsp3) is 0.417. The van der Waals surface area contributed by atoms with Gasteiger partial charge in [-0.15, -0.1) is 0 Å². The third kappa shape index (κ3) is 3.04. The standard InChI is InChI=1S/C12H15BrFNO/c1-4-12(2,3)15-11(16)8-6-5-7-9(14)10(8)13/h5-7H,4H2,1-3H3,(H,15,16). The highest BCUT2D eigenvalue weighted by atomic mass is 79.9. The average Bonchev–Trinajstić information content (AvgIpc) is 2.21. The summed E-state index contributed by atoms with van der Waals surface area (Å²) in [6, 6.07) is 4.42. The van der Waals surface area contributed by atoms with Gasteiger partial charge in [0.1, 0.15) is 5.82 Å². The fourth-order valence-electron chi connectivity index (χ4n) is 1.14. The first kappa shape index (κ1) is 13.2. The first-order valence-electron chi connectivity index (χ1n) is 5.14. The van der Waals surface area contributed by atoms with Crippen molar-refractivity contribution in [3.8, 4) is 0 Å². The molecule has 16 heavy (non-hydrogen) atoms. The van der Waals surface area contributed by atoms with Crippen molar-refractivity contribution in [1.29, 1.82) is 0 Å². The zero-order valence-electron chi connectivity index (χ0n) is 9.60. The van der Waals surface area contributed by atoms with Gasteiger partial charge in [-0.1, -0.05) is 13.0 Å². The lowest BCUT2D eigenvalue weighted by molar-refractivity contribution is 0.0910. The SMILES string of the molecule is CCC(C)(C)NC(=O)c1cccc(F)c1Br. The van der Waals surface area contributed by atoms with Crippen LogP contribution in [0.3, 0.4) is 0 Å². The van der Waals surface area contributed by atoms with Gasteiger partial charge in [-0.3, -0.25) is 4.79 Å². The predicted molar refractivity (Wildman–Crippen MR) is 65.9 cm³/mol. The van der Waals surface area contributed by atoms with E-state index in [1.165, 1.54) is 12.1 Å². The molecule has 0 aliphatic heterocycles. The van der Waals surface area contributed by atoms with Crippen LogP contribution in [0.4, 0.5) is 4.39 Å². The first-order valence-corrected chi connectivity index (χ1v) is 5.93. The van der Waals surface area contributed by atoms with Gasteiger partial charge < -0.3 is 5.32 Å². The topological polar surface area (TPSA) is 29.1 Å². The van der Waals surface area contributed by atoms with Crippen LogP contribution in [0, 0.1) is 5.82 Å². The quantitative estimate of drug-likeness (QED) is 0.906. The monoisotopic (exact) mass is 287 g/mol. The molecule has 1 amide bonds. The Hall–Kier alpha value is -0.900. The minimum absolute atomic E-state index is 0.208.